The van der Waals surface area contributed by atoms with Crippen molar-refractivity contribution in [3.8, 4) is 6.07 Å². The Labute approximate surface area is 111 Å². The monoisotopic (exact) mass is 261 g/mol. The van der Waals surface area contributed by atoms with Crippen LogP contribution in [0.3, 0.4) is 0 Å². The fourth-order valence-corrected chi connectivity index (χ4v) is 2.81. The van der Waals surface area contributed by atoms with Gasteiger partial charge in [-0.2, -0.15) is 17.0 Å². The van der Waals surface area contributed by atoms with Gasteiger partial charge in [-0.3, -0.25) is 4.79 Å². The number of aryl methyl sites for hydroxylation is 1. The molecule has 0 spiro atoms. The molecule has 1 aromatic carbocycles. The number of amides is 1. The van der Waals surface area contributed by atoms with E-state index in [-0.39, 0.29) is 11.9 Å². The van der Waals surface area contributed by atoms with Gasteiger partial charge in [-0.1, -0.05) is 12.1 Å². The minimum absolute atomic E-state index is 0.0655. The molecule has 1 aromatic rings. The molecule has 1 saturated heterocycles. The summed E-state index contributed by atoms with van der Waals surface area (Å²) in [5.74, 6) is 1.75. The van der Waals surface area contributed by atoms with Crippen molar-refractivity contribution in [2.24, 2.45) is 0 Å². The van der Waals surface area contributed by atoms with Crippen molar-refractivity contribution in [1.29, 1.82) is 5.26 Å². The number of hydrogen-bond acceptors (Lipinski definition) is 4. The number of thioether (sulfide) groups is 1. The van der Waals surface area contributed by atoms with Crippen molar-refractivity contribution in [1.82, 2.24) is 5.32 Å². The van der Waals surface area contributed by atoms with Crippen molar-refractivity contribution >= 4 is 23.4 Å². The van der Waals surface area contributed by atoms with Crippen LogP contribution >= 0.6 is 11.8 Å². The van der Waals surface area contributed by atoms with Gasteiger partial charge in [0.1, 0.15) is 6.07 Å². The van der Waals surface area contributed by atoms with Gasteiger partial charge in [0, 0.05) is 18.1 Å². The Kier molecular flexibility index (Phi) is 4.24. The molecule has 18 heavy (non-hydrogen) atoms. The molecule has 0 radical (unpaired) electrons. The lowest BCUT2D eigenvalue weighted by molar-refractivity contribution is -0.117. The van der Waals surface area contributed by atoms with E-state index >= 15 is 0 Å². The van der Waals surface area contributed by atoms with Gasteiger partial charge in [0.2, 0.25) is 5.91 Å². The zero-order valence-corrected chi connectivity index (χ0v) is 11.0. The largest absolute Gasteiger partial charge is 0.323 e. The third-order valence-corrected chi connectivity index (χ3v) is 3.94. The van der Waals surface area contributed by atoms with Crippen LogP contribution in [0.4, 0.5) is 5.69 Å². The summed E-state index contributed by atoms with van der Waals surface area (Å²) in [6.07, 6.45) is 0. The molecule has 1 amide bonds. The molecule has 1 fully saturated rings. The predicted octanol–water partition coefficient (Wildman–Crippen LogP) is 1.51. The van der Waals surface area contributed by atoms with Crippen LogP contribution < -0.4 is 10.6 Å². The lowest BCUT2D eigenvalue weighted by atomic mass is 10.1. The van der Waals surface area contributed by atoms with Crippen LogP contribution in [-0.4, -0.2) is 30.0 Å². The van der Waals surface area contributed by atoms with Gasteiger partial charge in [-0.15, -0.1) is 0 Å². The van der Waals surface area contributed by atoms with Crippen molar-refractivity contribution < 1.29 is 4.79 Å². The summed E-state index contributed by atoms with van der Waals surface area (Å²) in [7, 11) is 0. The third-order valence-electron chi connectivity index (χ3n) is 2.88. The van der Waals surface area contributed by atoms with Crippen LogP contribution in [-0.2, 0) is 4.79 Å². The fourth-order valence-electron chi connectivity index (χ4n) is 1.87. The molecule has 2 N–H and O–H groups in total. The maximum atomic E-state index is 12.1. The minimum Gasteiger partial charge on any atom is -0.323 e. The molecule has 94 valence electrons. The van der Waals surface area contributed by atoms with Gasteiger partial charge in [0.05, 0.1) is 17.3 Å². The second kappa shape index (κ2) is 5.89. The molecule has 0 bridgehead atoms. The maximum absolute atomic E-state index is 12.1. The summed E-state index contributed by atoms with van der Waals surface area (Å²) in [4.78, 5) is 12.1. The first-order valence-electron chi connectivity index (χ1n) is 5.84. The van der Waals surface area contributed by atoms with Crippen LogP contribution in [0.1, 0.15) is 11.1 Å². The Balaban J connectivity index is 2.12. The minimum atomic E-state index is -0.171. The van der Waals surface area contributed by atoms with E-state index in [1.165, 1.54) is 0 Å². The van der Waals surface area contributed by atoms with Crippen LogP contribution in [0.5, 0.6) is 0 Å². The Bertz CT molecular complexity index is 489. The first kappa shape index (κ1) is 12.9. The molecule has 0 aromatic heterocycles. The fraction of sp³-hybridized carbons (Fsp3) is 0.385. The van der Waals surface area contributed by atoms with Crippen molar-refractivity contribution in [3.63, 3.8) is 0 Å². The van der Waals surface area contributed by atoms with Gasteiger partial charge in [0.25, 0.3) is 0 Å². The second-order valence-electron chi connectivity index (χ2n) is 4.18. The van der Waals surface area contributed by atoms with Crippen molar-refractivity contribution in [3.05, 3.63) is 29.3 Å². The highest BCUT2D eigenvalue weighted by Gasteiger charge is 2.21. The predicted molar refractivity (Wildman–Crippen MR) is 73.6 cm³/mol. The van der Waals surface area contributed by atoms with E-state index in [0.717, 1.165) is 23.6 Å². The number of nitrogens with zero attached hydrogens (tertiary/aromatic N) is 1. The van der Waals surface area contributed by atoms with E-state index in [1.54, 1.807) is 17.8 Å². The quantitative estimate of drug-likeness (QED) is 0.847. The molecule has 4 nitrogen and oxygen atoms in total. The second-order valence-corrected chi connectivity index (χ2v) is 5.33. The van der Waals surface area contributed by atoms with E-state index in [1.807, 2.05) is 19.1 Å². The summed E-state index contributed by atoms with van der Waals surface area (Å²) in [6.45, 7) is 2.71. The average Bonchev–Trinajstić information content (AvgIpc) is 2.40. The smallest absolute Gasteiger partial charge is 0.242 e. The summed E-state index contributed by atoms with van der Waals surface area (Å²) >= 11 is 1.77. The van der Waals surface area contributed by atoms with E-state index in [0.29, 0.717) is 11.3 Å². The molecule has 1 aliphatic rings. The van der Waals surface area contributed by atoms with Gasteiger partial charge < -0.3 is 10.6 Å². The highest BCUT2D eigenvalue weighted by Crippen LogP contribution is 2.19. The third kappa shape index (κ3) is 2.84. The van der Waals surface area contributed by atoms with Crippen LogP contribution in [0.2, 0.25) is 0 Å². The first-order chi connectivity index (χ1) is 8.72. The Morgan fingerprint density at radius 3 is 3.11 bits per heavy atom. The number of carbonyl (C=O) groups is 1. The topological polar surface area (TPSA) is 64.9 Å². The molecule has 1 unspecified atom stereocenters. The van der Waals surface area contributed by atoms with Gasteiger partial charge in [-0.05, 0) is 18.6 Å². The lowest BCUT2D eigenvalue weighted by Crippen LogP contribution is -2.46. The Morgan fingerprint density at radius 1 is 1.61 bits per heavy atom. The molecule has 0 aliphatic carbocycles. The highest BCUT2D eigenvalue weighted by molar-refractivity contribution is 7.99. The SMILES string of the molecule is Cc1cccc(NC(=O)C2CSCCN2)c1C#N. The van der Waals surface area contributed by atoms with Crippen molar-refractivity contribution in [2.45, 2.75) is 13.0 Å². The molecule has 1 aliphatic heterocycles. The molecule has 0 saturated carbocycles. The highest BCUT2D eigenvalue weighted by atomic mass is 32.2. The van der Waals surface area contributed by atoms with E-state index < -0.39 is 0 Å². The summed E-state index contributed by atoms with van der Waals surface area (Å²) < 4.78 is 0. The van der Waals surface area contributed by atoms with Gasteiger partial charge in [0.15, 0.2) is 0 Å². The number of nitrogens with one attached hydrogen (secondary N) is 2. The Morgan fingerprint density at radius 2 is 2.44 bits per heavy atom. The van der Waals surface area contributed by atoms with Gasteiger partial charge in [-0.25, -0.2) is 0 Å². The summed E-state index contributed by atoms with van der Waals surface area (Å²) in [6, 6.07) is 7.43. The number of rotatable bonds is 2. The van der Waals surface area contributed by atoms with E-state index in [2.05, 4.69) is 16.7 Å². The zero-order valence-electron chi connectivity index (χ0n) is 10.2. The normalized spacial score (nSPS) is 19.0. The molecule has 1 atom stereocenters. The molecular formula is C13H15N3OS. The number of benzene rings is 1. The summed E-state index contributed by atoms with van der Waals surface area (Å²) in [5.41, 5.74) is 2.01. The number of nitriles is 1. The molecule has 5 heteroatoms. The number of hydrogen-bond donors (Lipinski definition) is 2. The first-order valence-corrected chi connectivity index (χ1v) is 6.99. The van der Waals surface area contributed by atoms with E-state index in [4.69, 9.17) is 5.26 Å². The Hall–Kier alpha value is -1.51. The molecular weight excluding hydrogens is 246 g/mol. The number of anilines is 1. The van der Waals surface area contributed by atoms with Crippen LogP contribution in [0.15, 0.2) is 18.2 Å². The lowest BCUT2D eigenvalue weighted by Gasteiger charge is -2.22. The summed E-state index contributed by atoms with van der Waals surface area (Å²) in [5, 5.41) is 15.1. The van der Waals surface area contributed by atoms with Crippen LogP contribution in [0, 0.1) is 18.3 Å². The van der Waals surface area contributed by atoms with Crippen LogP contribution in [0.25, 0.3) is 0 Å². The van der Waals surface area contributed by atoms with Crippen molar-refractivity contribution in [2.75, 3.05) is 23.4 Å². The molecule has 1 heterocycles. The average molecular weight is 261 g/mol. The van der Waals surface area contributed by atoms with Gasteiger partial charge >= 0.3 is 0 Å². The standard InChI is InChI=1S/C13H15N3OS/c1-9-3-2-4-11(10(9)7-14)16-13(17)12-8-18-6-5-15-12/h2-4,12,15H,5-6,8H2,1H3,(H,16,17). The van der Waals surface area contributed by atoms with E-state index in [9.17, 15) is 4.79 Å². The molecule has 2 rings (SSSR count). The maximum Gasteiger partial charge on any atom is 0.242 e. The number of carbonyl (C=O) groups excluding carboxylic acids is 1. The zero-order chi connectivity index (χ0) is 13.0.